The molecule has 1 aromatic carbocycles. The lowest BCUT2D eigenvalue weighted by molar-refractivity contribution is -0.390. The van der Waals surface area contributed by atoms with Crippen molar-refractivity contribution in [1.29, 1.82) is 0 Å². The van der Waals surface area contributed by atoms with Crippen LogP contribution in [-0.2, 0) is 0 Å². The summed E-state index contributed by atoms with van der Waals surface area (Å²) >= 11 is 2.98. The summed E-state index contributed by atoms with van der Waals surface area (Å²) in [5, 5.41) is 19.1. The molecule has 0 fully saturated rings. The van der Waals surface area contributed by atoms with Crippen LogP contribution in [0.15, 0.2) is 28.7 Å². The Kier molecular flexibility index (Phi) is 3.61. The zero-order chi connectivity index (χ0) is 14.0. The van der Waals surface area contributed by atoms with Gasteiger partial charge in [-0.25, -0.2) is 0 Å². The Morgan fingerprint density at radius 2 is 2.26 bits per heavy atom. The van der Waals surface area contributed by atoms with Crippen molar-refractivity contribution in [1.82, 2.24) is 10.2 Å². The number of nitro groups is 1. The van der Waals surface area contributed by atoms with Gasteiger partial charge < -0.3 is 15.4 Å². The van der Waals surface area contributed by atoms with Gasteiger partial charge in [-0.15, -0.1) is 5.10 Å². The molecule has 7 nitrogen and oxygen atoms in total. The first-order valence-electron chi connectivity index (χ1n) is 5.25. The summed E-state index contributed by atoms with van der Waals surface area (Å²) in [7, 11) is 0. The molecule has 0 radical (unpaired) electrons. The fourth-order valence-electron chi connectivity index (χ4n) is 1.50. The van der Waals surface area contributed by atoms with Gasteiger partial charge in [0, 0.05) is 5.69 Å². The predicted molar refractivity (Wildman–Crippen MR) is 72.1 cm³/mol. The molecule has 1 amide bonds. The van der Waals surface area contributed by atoms with Gasteiger partial charge in [0.25, 0.3) is 5.91 Å². The number of halogens is 1. The topological polar surface area (TPSA) is 101 Å². The summed E-state index contributed by atoms with van der Waals surface area (Å²) in [6.07, 6.45) is 0. The molecule has 0 unspecified atom stereocenters. The Labute approximate surface area is 116 Å². The monoisotopic (exact) mass is 324 g/mol. The number of hydrogen-bond donors (Lipinski definition) is 2. The minimum atomic E-state index is -0.652. The van der Waals surface area contributed by atoms with E-state index < -0.39 is 10.8 Å². The smallest absolute Gasteiger partial charge is 0.357 e. The second kappa shape index (κ2) is 5.19. The van der Waals surface area contributed by atoms with Crippen molar-refractivity contribution in [3.05, 3.63) is 50.1 Å². The Bertz CT molecular complexity index is 653. The first-order valence-corrected chi connectivity index (χ1v) is 6.04. The van der Waals surface area contributed by atoms with Crippen LogP contribution in [0.1, 0.15) is 16.1 Å². The molecule has 0 aliphatic carbocycles. The maximum Gasteiger partial charge on any atom is 0.357 e. The third-order valence-corrected chi connectivity index (χ3v) is 3.11. The van der Waals surface area contributed by atoms with E-state index in [1.165, 1.54) is 0 Å². The Morgan fingerprint density at radius 3 is 2.84 bits per heavy atom. The van der Waals surface area contributed by atoms with Crippen LogP contribution in [-0.4, -0.2) is 21.0 Å². The molecule has 98 valence electrons. The molecule has 1 aromatic heterocycles. The number of amides is 1. The van der Waals surface area contributed by atoms with Crippen LogP contribution in [0.3, 0.4) is 0 Å². The van der Waals surface area contributed by atoms with Gasteiger partial charge in [-0.05, 0) is 45.5 Å². The third kappa shape index (κ3) is 2.79. The van der Waals surface area contributed by atoms with E-state index in [1.807, 2.05) is 13.0 Å². The Hall–Kier alpha value is -2.22. The first kappa shape index (κ1) is 13.2. The van der Waals surface area contributed by atoms with Gasteiger partial charge in [0.2, 0.25) is 0 Å². The molecule has 0 aliphatic heterocycles. The van der Waals surface area contributed by atoms with E-state index >= 15 is 0 Å². The molecule has 0 saturated carbocycles. The summed E-state index contributed by atoms with van der Waals surface area (Å²) in [4.78, 5) is 21.9. The van der Waals surface area contributed by atoms with Crippen LogP contribution >= 0.6 is 15.9 Å². The lowest BCUT2D eigenvalue weighted by Crippen LogP contribution is -2.13. The molecular weight excluding hydrogens is 316 g/mol. The van der Waals surface area contributed by atoms with Crippen molar-refractivity contribution in [2.24, 2.45) is 0 Å². The van der Waals surface area contributed by atoms with Gasteiger partial charge >= 0.3 is 5.82 Å². The lowest BCUT2D eigenvalue weighted by Gasteiger charge is -2.03. The molecule has 0 bridgehead atoms. The highest BCUT2D eigenvalue weighted by Crippen LogP contribution is 2.26. The van der Waals surface area contributed by atoms with Gasteiger partial charge in [-0.3, -0.25) is 4.79 Å². The van der Waals surface area contributed by atoms with Crippen molar-refractivity contribution < 1.29 is 9.72 Å². The zero-order valence-corrected chi connectivity index (χ0v) is 11.4. The van der Waals surface area contributed by atoms with Crippen LogP contribution < -0.4 is 5.32 Å². The largest absolute Gasteiger partial charge is 0.358 e. The van der Waals surface area contributed by atoms with Crippen molar-refractivity contribution in [3.8, 4) is 0 Å². The van der Waals surface area contributed by atoms with Gasteiger partial charge in [-0.1, -0.05) is 17.2 Å². The van der Waals surface area contributed by atoms with E-state index in [0.29, 0.717) is 5.69 Å². The quantitative estimate of drug-likeness (QED) is 0.669. The van der Waals surface area contributed by atoms with Crippen molar-refractivity contribution in [2.75, 3.05) is 5.32 Å². The number of nitrogens with zero attached hydrogens (tertiary/aromatic N) is 2. The van der Waals surface area contributed by atoms with Crippen LogP contribution in [0.2, 0.25) is 0 Å². The number of hydrogen-bond acceptors (Lipinski definition) is 4. The van der Waals surface area contributed by atoms with E-state index in [1.54, 1.807) is 18.2 Å². The van der Waals surface area contributed by atoms with Crippen molar-refractivity contribution >= 4 is 33.3 Å². The van der Waals surface area contributed by atoms with Crippen LogP contribution in [0.4, 0.5) is 11.5 Å². The summed E-state index contributed by atoms with van der Waals surface area (Å²) < 4.78 is 0.0302. The summed E-state index contributed by atoms with van der Waals surface area (Å²) in [6.45, 7) is 1.89. The predicted octanol–water partition coefficient (Wildman–Crippen LogP) is 2.64. The SMILES string of the molecule is Cc1cccc(NC(=O)c2n[nH]c([N+](=O)[O-])c2Br)c1. The highest BCUT2D eigenvalue weighted by molar-refractivity contribution is 9.10. The molecule has 0 atom stereocenters. The molecule has 19 heavy (non-hydrogen) atoms. The second-order valence-corrected chi connectivity index (χ2v) is 4.61. The van der Waals surface area contributed by atoms with Gasteiger partial charge in [0.05, 0.1) is 0 Å². The number of nitrogens with one attached hydrogen (secondary N) is 2. The fraction of sp³-hybridized carbons (Fsp3) is 0.0909. The summed E-state index contributed by atoms with van der Waals surface area (Å²) in [6, 6.07) is 7.20. The van der Waals surface area contributed by atoms with Crippen LogP contribution in [0.25, 0.3) is 0 Å². The molecule has 0 aliphatic rings. The average molecular weight is 325 g/mol. The number of carbonyl (C=O) groups excluding carboxylic acids is 1. The molecular formula is C11H9BrN4O3. The zero-order valence-electron chi connectivity index (χ0n) is 9.81. The van der Waals surface area contributed by atoms with Crippen LogP contribution in [0, 0.1) is 17.0 Å². The highest BCUT2D eigenvalue weighted by Gasteiger charge is 2.24. The molecule has 0 saturated heterocycles. The molecule has 1 heterocycles. The van der Waals surface area contributed by atoms with E-state index in [4.69, 9.17) is 0 Å². The number of rotatable bonds is 3. The molecule has 8 heteroatoms. The number of anilines is 1. The first-order chi connectivity index (χ1) is 8.99. The Balaban J connectivity index is 2.23. The minimum Gasteiger partial charge on any atom is -0.358 e. The van der Waals surface area contributed by atoms with Gasteiger partial charge in [-0.2, -0.15) is 0 Å². The standard InChI is InChI=1S/C11H9BrN4O3/c1-6-3-2-4-7(5-6)13-11(17)9-8(12)10(15-14-9)16(18)19/h2-5H,1H3,(H,13,17)(H,14,15). The summed E-state index contributed by atoms with van der Waals surface area (Å²) in [5.74, 6) is -0.879. The molecule has 2 rings (SSSR count). The highest BCUT2D eigenvalue weighted by atomic mass is 79.9. The average Bonchev–Trinajstić information content (AvgIpc) is 2.71. The third-order valence-electron chi connectivity index (χ3n) is 2.36. The minimum absolute atomic E-state index is 0.0302. The number of carbonyl (C=O) groups is 1. The maximum atomic E-state index is 11.9. The van der Waals surface area contributed by atoms with Crippen molar-refractivity contribution in [2.45, 2.75) is 6.92 Å². The second-order valence-electron chi connectivity index (χ2n) is 3.82. The molecule has 2 N–H and O–H groups in total. The van der Waals surface area contributed by atoms with E-state index in [9.17, 15) is 14.9 Å². The number of aryl methyl sites for hydroxylation is 1. The van der Waals surface area contributed by atoms with E-state index in [2.05, 4.69) is 31.4 Å². The molecule has 0 spiro atoms. The number of aromatic nitrogens is 2. The fourth-order valence-corrected chi connectivity index (χ4v) is 2.01. The number of benzene rings is 1. The van der Waals surface area contributed by atoms with E-state index in [0.717, 1.165) is 5.56 Å². The number of aromatic amines is 1. The molecule has 2 aromatic rings. The normalized spacial score (nSPS) is 10.2. The van der Waals surface area contributed by atoms with Gasteiger partial charge in [0.15, 0.2) is 5.69 Å². The number of H-pyrrole nitrogens is 1. The van der Waals surface area contributed by atoms with Crippen LogP contribution in [0.5, 0.6) is 0 Å². The Morgan fingerprint density at radius 1 is 1.53 bits per heavy atom. The van der Waals surface area contributed by atoms with Crippen molar-refractivity contribution in [3.63, 3.8) is 0 Å². The maximum absolute atomic E-state index is 11.9. The summed E-state index contributed by atoms with van der Waals surface area (Å²) in [5.41, 5.74) is 1.53. The van der Waals surface area contributed by atoms with Gasteiger partial charge in [0.1, 0.15) is 4.47 Å². The van der Waals surface area contributed by atoms with E-state index in [-0.39, 0.29) is 16.0 Å². The lowest BCUT2D eigenvalue weighted by atomic mass is 10.2.